The van der Waals surface area contributed by atoms with Crippen molar-refractivity contribution in [1.29, 1.82) is 0 Å². The molecule has 0 spiro atoms. The van der Waals surface area contributed by atoms with Crippen molar-refractivity contribution < 1.29 is 15.0 Å². The Morgan fingerprint density at radius 2 is 2.03 bits per heavy atom. The first-order valence-electron chi connectivity index (χ1n) is 9.85. The van der Waals surface area contributed by atoms with Gasteiger partial charge in [0.25, 0.3) is 5.62 Å². The van der Waals surface area contributed by atoms with E-state index in [1.54, 1.807) is 30.3 Å². The number of benzene rings is 1. The lowest BCUT2D eigenvalue weighted by molar-refractivity contribution is -0.138. The first-order valence-corrected chi connectivity index (χ1v) is 9.85. The van der Waals surface area contributed by atoms with Crippen LogP contribution in [0.3, 0.4) is 0 Å². The van der Waals surface area contributed by atoms with Crippen molar-refractivity contribution in [2.24, 2.45) is 4.99 Å². The maximum Gasteiger partial charge on any atom is 0.330 e. The number of carboxylic acids is 1. The van der Waals surface area contributed by atoms with Crippen molar-refractivity contribution in [1.82, 2.24) is 29.5 Å². The minimum absolute atomic E-state index is 0.0649. The standard InChI is InChI=1S/C20H18N8O4/c29-16-13(23-20(32)26-16)8-11-9-21-28-15(11)25-18(27-19(28)22-12-6-7-12)24-14(17(30)31)10-4-2-1-3-5-10/h1-5,8-9,12,14,29H,6-7H2,(H,30,31)(H,22,24,27)(H2,23,26,32)/t14-/m0/s1. The summed E-state index contributed by atoms with van der Waals surface area (Å²) >= 11 is 0. The van der Waals surface area contributed by atoms with Crippen molar-refractivity contribution in [3.63, 3.8) is 0 Å². The van der Waals surface area contributed by atoms with Crippen LogP contribution in [-0.2, 0) is 4.79 Å². The Labute approximate surface area is 179 Å². The van der Waals surface area contributed by atoms with E-state index in [-0.39, 0.29) is 29.2 Å². The predicted molar refractivity (Wildman–Crippen MR) is 112 cm³/mol. The molecule has 1 fully saturated rings. The molecule has 12 nitrogen and oxygen atoms in total. The molecule has 0 radical (unpaired) electrons. The van der Waals surface area contributed by atoms with Gasteiger partial charge in [0.2, 0.25) is 11.8 Å². The third kappa shape index (κ3) is 3.80. The molecule has 1 aromatic carbocycles. The molecule has 0 unspecified atom stereocenters. The highest BCUT2D eigenvalue weighted by molar-refractivity contribution is 5.78. The van der Waals surface area contributed by atoms with Gasteiger partial charge in [0, 0.05) is 5.22 Å². The largest absolute Gasteiger partial charge is 0.493 e. The summed E-state index contributed by atoms with van der Waals surface area (Å²) in [6.45, 7) is 0. The van der Waals surface area contributed by atoms with E-state index in [4.69, 9.17) is 0 Å². The van der Waals surface area contributed by atoms with E-state index in [1.807, 2.05) is 0 Å². The van der Waals surface area contributed by atoms with Gasteiger partial charge < -0.3 is 20.5 Å². The van der Waals surface area contributed by atoms with Gasteiger partial charge >= 0.3 is 11.7 Å². The molecular weight excluding hydrogens is 416 g/mol. The molecule has 1 saturated carbocycles. The Morgan fingerprint density at radius 3 is 2.69 bits per heavy atom. The lowest BCUT2D eigenvalue weighted by atomic mass is 10.1. The number of aromatic amines is 2. The zero-order valence-electron chi connectivity index (χ0n) is 16.6. The fourth-order valence-electron chi connectivity index (χ4n) is 3.21. The van der Waals surface area contributed by atoms with E-state index in [0.717, 1.165) is 12.8 Å². The number of nitrogens with zero attached hydrogens (tertiary/aromatic N) is 5. The number of fused-ring (bicyclic) bond motifs is 1. The van der Waals surface area contributed by atoms with E-state index in [0.29, 0.717) is 16.4 Å². The van der Waals surface area contributed by atoms with Crippen LogP contribution < -0.4 is 21.8 Å². The number of nitrogens with one attached hydrogen (secondary N) is 3. The molecule has 5 rings (SSSR count). The summed E-state index contributed by atoms with van der Waals surface area (Å²) in [6, 6.07) is 7.75. The molecule has 5 N–H and O–H groups in total. The molecule has 162 valence electrons. The highest BCUT2D eigenvalue weighted by Crippen LogP contribution is 2.22. The molecular formula is C20H18N8O4. The molecule has 3 aromatic heterocycles. The summed E-state index contributed by atoms with van der Waals surface area (Å²) in [6.07, 6.45) is 4.87. The molecule has 3 heterocycles. The second-order valence-electron chi connectivity index (χ2n) is 7.35. The quantitative estimate of drug-likeness (QED) is 0.275. The fourth-order valence-corrected chi connectivity index (χ4v) is 3.21. The highest BCUT2D eigenvalue weighted by atomic mass is 16.4. The number of anilines is 1. The Balaban J connectivity index is 1.65. The van der Waals surface area contributed by atoms with Gasteiger partial charge in [-0.05, 0) is 24.5 Å². The Bertz CT molecular complexity index is 1480. The van der Waals surface area contributed by atoms with Gasteiger partial charge in [0.15, 0.2) is 11.7 Å². The van der Waals surface area contributed by atoms with Gasteiger partial charge in [-0.2, -0.15) is 19.6 Å². The molecule has 0 aliphatic heterocycles. The number of hydrogen-bond acceptors (Lipinski definition) is 8. The SMILES string of the molecule is O=C(O)[C@@H](Nc1nc(=NC2CC2)n2ncc(=Cc3[nH]c(=O)[nH]c3O)c2n1)c1ccccc1. The molecule has 1 aliphatic carbocycles. The van der Waals surface area contributed by atoms with Crippen molar-refractivity contribution in [3.8, 4) is 5.88 Å². The number of aliphatic carboxylic acids is 1. The zero-order chi connectivity index (χ0) is 22.2. The second kappa shape index (κ2) is 7.65. The number of H-pyrrole nitrogens is 2. The number of hydrogen-bond donors (Lipinski definition) is 5. The molecule has 0 amide bonds. The van der Waals surface area contributed by atoms with Crippen molar-refractivity contribution in [2.75, 3.05) is 5.32 Å². The Morgan fingerprint density at radius 1 is 1.25 bits per heavy atom. The smallest absolute Gasteiger partial charge is 0.330 e. The van der Waals surface area contributed by atoms with Gasteiger partial charge in [-0.25, -0.2) is 14.6 Å². The van der Waals surface area contributed by atoms with Crippen LogP contribution in [0.1, 0.15) is 30.1 Å². The van der Waals surface area contributed by atoms with Gasteiger partial charge in [-0.3, -0.25) is 4.98 Å². The number of carbonyl (C=O) groups is 1. The molecule has 12 heteroatoms. The number of carboxylic acid groups (broad SMARTS) is 1. The predicted octanol–water partition coefficient (Wildman–Crippen LogP) is -0.305. The normalized spacial score (nSPS) is 15.9. The summed E-state index contributed by atoms with van der Waals surface area (Å²) in [7, 11) is 0. The summed E-state index contributed by atoms with van der Waals surface area (Å²) in [5, 5.41) is 27.2. The summed E-state index contributed by atoms with van der Waals surface area (Å²) in [5.41, 5.74) is 0.758. The molecule has 32 heavy (non-hydrogen) atoms. The number of rotatable bonds is 6. The first kappa shape index (κ1) is 19.5. The minimum atomic E-state index is -1.09. The topological polar surface area (TPSA) is 174 Å². The van der Waals surface area contributed by atoms with Crippen LogP contribution in [0, 0.1) is 0 Å². The molecule has 0 bridgehead atoms. The average Bonchev–Trinajstić information content (AvgIpc) is 3.41. The summed E-state index contributed by atoms with van der Waals surface area (Å²) in [4.78, 5) is 41.5. The molecule has 1 atom stereocenters. The third-order valence-electron chi connectivity index (χ3n) is 4.91. The zero-order valence-corrected chi connectivity index (χ0v) is 16.6. The van der Waals surface area contributed by atoms with E-state index in [2.05, 4.69) is 35.3 Å². The highest BCUT2D eigenvalue weighted by Gasteiger charge is 2.23. The van der Waals surface area contributed by atoms with Crippen molar-refractivity contribution in [2.45, 2.75) is 24.9 Å². The fraction of sp³-hybridized carbons (Fsp3) is 0.200. The third-order valence-corrected chi connectivity index (χ3v) is 4.91. The van der Waals surface area contributed by atoms with Crippen molar-refractivity contribution >= 4 is 23.6 Å². The van der Waals surface area contributed by atoms with Crippen LogP contribution in [0.15, 0.2) is 46.3 Å². The maximum absolute atomic E-state index is 11.9. The number of imidazole rings is 1. The number of aromatic nitrogens is 6. The Kier molecular flexibility index (Phi) is 4.66. The lowest BCUT2D eigenvalue weighted by Gasteiger charge is -2.14. The van der Waals surface area contributed by atoms with Gasteiger partial charge in [-0.15, -0.1) is 0 Å². The van der Waals surface area contributed by atoms with Crippen LogP contribution in [-0.4, -0.2) is 51.8 Å². The Hall–Kier alpha value is -4.48. The van der Waals surface area contributed by atoms with Crippen LogP contribution in [0.25, 0.3) is 11.7 Å². The number of aromatic hydroxyl groups is 1. The summed E-state index contributed by atoms with van der Waals surface area (Å²) in [5.74, 6) is -1.34. The molecule has 4 aromatic rings. The molecule has 0 saturated heterocycles. The maximum atomic E-state index is 11.9. The lowest BCUT2D eigenvalue weighted by Crippen LogP contribution is -2.28. The molecule has 1 aliphatic rings. The van der Waals surface area contributed by atoms with E-state index in [1.165, 1.54) is 16.8 Å². The van der Waals surface area contributed by atoms with E-state index >= 15 is 0 Å². The van der Waals surface area contributed by atoms with Crippen LogP contribution >= 0.6 is 0 Å². The monoisotopic (exact) mass is 434 g/mol. The van der Waals surface area contributed by atoms with Gasteiger partial charge in [0.1, 0.15) is 5.69 Å². The summed E-state index contributed by atoms with van der Waals surface area (Å²) < 4.78 is 1.44. The average molecular weight is 434 g/mol. The minimum Gasteiger partial charge on any atom is -0.493 e. The van der Waals surface area contributed by atoms with E-state index < -0.39 is 17.7 Å². The van der Waals surface area contributed by atoms with Gasteiger partial charge in [0.05, 0.1) is 12.2 Å². The van der Waals surface area contributed by atoms with Crippen LogP contribution in [0.2, 0.25) is 0 Å². The van der Waals surface area contributed by atoms with Gasteiger partial charge in [-0.1, -0.05) is 30.3 Å². The second-order valence-corrected chi connectivity index (χ2v) is 7.35. The van der Waals surface area contributed by atoms with Crippen LogP contribution in [0.4, 0.5) is 5.95 Å². The van der Waals surface area contributed by atoms with Crippen LogP contribution in [0.5, 0.6) is 5.88 Å². The first-order chi connectivity index (χ1) is 15.5. The van der Waals surface area contributed by atoms with Crippen molar-refractivity contribution in [3.05, 3.63) is 69.1 Å². The van der Waals surface area contributed by atoms with E-state index in [9.17, 15) is 19.8 Å².